The van der Waals surface area contributed by atoms with Gasteiger partial charge < -0.3 is 4.74 Å². The van der Waals surface area contributed by atoms with Crippen molar-refractivity contribution in [2.75, 3.05) is 6.61 Å². The fourth-order valence-corrected chi connectivity index (χ4v) is 3.80. The van der Waals surface area contributed by atoms with Crippen LogP contribution in [-0.2, 0) is 4.74 Å². The van der Waals surface area contributed by atoms with Crippen LogP contribution < -0.4 is 5.43 Å². The van der Waals surface area contributed by atoms with E-state index in [0.29, 0.717) is 28.5 Å². The SMILES string of the molecule is CCOC(=O)c1c(C)c2c(=O)c3ccccc3c3ccc(C)cc1c23. The number of carbonyl (C=O) groups excluding carboxylic acids is 1. The molecule has 0 fully saturated rings. The van der Waals surface area contributed by atoms with Gasteiger partial charge in [0.25, 0.3) is 0 Å². The van der Waals surface area contributed by atoms with Gasteiger partial charge in [-0.3, -0.25) is 4.79 Å². The molecule has 0 aliphatic carbocycles. The van der Waals surface area contributed by atoms with Gasteiger partial charge in [-0.25, -0.2) is 4.79 Å². The maximum Gasteiger partial charge on any atom is 0.339 e. The molecule has 0 atom stereocenters. The Balaban J connectivity index is 2.37. The van der Waals surface area contributed by atoms with Crippen molar-refractivity contribution in [2.45, 2.75) is 20.8 Å². The predicted molar refractivity (Wildman–Crippen MR) is 102 cm³/mol. The van der Waals surface area contributed by atoms with E-state index in [4.69, 9.17) is 4.74 Å². The van der Waals surface area contributed by atoms with E-state index in [-0.39, 0.29) is 11.4 Å². The molecular formula is C22H18O3. The van der Waals surface area contributed by atoms with E-state index in [1.807, 2.05) is 56.3 Å². The van der Waals surface area contributed by atoms with Crippen molar-refractivity contribution < 1.29 is 9.53 Å². The van der Waals surface area contributed by atoms with E-state index in [1.165, 1.54) is 0 Å². The largest absolute Gasteiger partial charge is 0.462 e. The van der Waals surface area contributed by atoms with Crippen LogP contribution in [0.2, 0.25) is 0 Å². The second-order valence-electron chi connectivity index (χ2n) is 6.39. The van der Waals surface area contributed by atoms with Crippen LogP contribution >= 0.6 is 0 Å². The average Bonchev–Trinajstić information content (AvgIpc) is 2.76. The smallest absolute Gasteiger partial charge is 0.339 e. The van der Waals surface area contributed by atoms with Crippen LogP contribution in [0.15, 0.2) is 47.3 Å². The second kappa shape index (κ2) is 5.55. The Bertz CT molecular complexity index is 1210. The lowest BCUT2D eigenvalue weighted by atomic mass is 10.00. The third-order valence-electron chi connectivity index (χ3n) is 4.86. The lowest BCUT2D eigenvalue weighted by molar-refractivity contribution is 0.0528. The zero-order valence-corrected chi connectivity index (χ0v) is 14.5. The lowest BCUT2D eigenvalue weighted by Crippen LogP contribution is -2.06. The molecule has 0 radical (unpaired) electrons. The third kappa shape index (κ3) is 2.12. The molecule has 0 aromatic heterocycles. The van der Waals surface area contributed by atoms with E-state index < -0.39 is 0 Å². The minimum absolute atomic E-state index is 0.0231. The monoisotopic (exact) mass is 330 g/mol. The van der Waals surface area contributed by atoms with Crippen LogP contribution in [0, 0.1) is 13.8 Å². The van der Waals surface area contributed by atoms with Gasteiger partial charge in [-0.1, -0.05) is 48.0 Å². The lowest BCUT2D eigenvalue weighted by Gasteiger charge is -2.02. The number of fused-ring (bicyclic) bond motifs is 2. The summed E-state index contributed by atoms with van der Waals surface area (Å²) in [6, 6.07) is 13.7. The van der Waals surface area contributed by atoms with Crippen LogP contribution in [0.3, 0.4) is 0 Å². The summed E-state index contributed by atoms with van der Waals surface area (Å²) < 4.78 is 5.27. The molecule has 0 amide bonds. The highest BCUT2D eigenvalue weighted by atomic mass is 16.5. The molecule has 3 heteroatoms. The molecule has 124 valence electrons. The highest BCUT2D eigenvalue weighted by Gasteiger charge is 2.24. The Labute approximate surface area is 145 Å². The molecule has 0 N–H and O–H groups in total. The van der Waals surface area contributed by atoms with E-state index in [0.717, 1.165) is 27.1 Å². The summed E-state index contributed by atoms with van der Waals surface area (Å²) >= 11 is 0. The minimum atomic E-state index is -0.369. The molecule has 4 rings (SSSR count). The van der Waals surface area contributed by atoms with Gasteiger partial charge in [0, 0.05) is 16.2 Å². The van der Waals surface area contributed by atoms with Crippen molar-refractivity contribution in [1.82, 2.24) is 0 Å². The first-order chi connectivity index (χ1) is 12.0. The van der Waals surface area contributed by atoms with Gasteiger partial charge >= 0.3 is 5.97 Å². The van der Waals surface area contributed by atoms with Crippen LogP contribution in [-0.4, -0.2) is 12.6 Å². The molecule has 3 nitrogen and oxygen atoms in total. The number of aryl methyl sites for hydroxylation is 2. The summed E-state index contributed by atoms with van der Waals surface area (Å²) in [7, 11) is 0. The summed E-state index contributed by atoms with van der Waals surface area (Å²) in [4.78, 5) is 25.7. The van der Waals surface area contributed by atoms with E-state index >= 15 is 0 Å². The van der Waals surface area contributed by atoms with Gasteiger partial charge in [0.05, 0.1) is 12.2 Å². The van der Waals surface area contributed by atoms with Gasteiger partial charge in [-0.2, -0.15) is 0 Å². The molecular weight excluding hydrogens is 312 g/mol. The number of hydrogen-bond acceptors (Lipinski definition) is 3. The Kier molecular flexibility index (Phi) is 3.46. The van der Waals surface area contributed by atoms with Crippen molar-refractivity contribution in [2.24, 2.45) is 0 Å². The van der Waals surface area contributed by atoms with Crippen molar-refractivity contribution in [1.29, 1.82) is 0 Å². The van der Waals surface area contributed by atoms with Gasteiger partial charge in [-0.05, 0) is 42.5 Å². The maximum atomic E-state index is 13.1. The summed E-state index contributed by atoms with van der Waals surface area (Å²) in [6.07, 6.45) is 0. The number of rotatable bonds is 2. The van der Waals surface area contributed by atoms with Gasteiger partial charge in [0.1, 0.15) is 0 Å². The maximum absolute atomic E-state index is 13.1. The fraction of sp³-hybridized carbons (Fsp3) is 0.182. The third-order valence-corrected chi connectivity index (χ3v) is 4.86. The number of benzene rings is 2. The van der Waals surface area contributed by atoms with Gasteiger partial charge in [-0.15, -0.1) is 0 Å². The molecule has 0 saturated carbocycles. The predicted octanol–water partition coefficient (Wildman–Crippen LogP) is 4.74. The molecule has 4 aromatic rings. The van der Waals surface area contributed by atoms with Crippen LogP contribution in [0.1, 0.15) is 28.4 Å². The van der Waals surface area contributed by atoms with Crippen molar-refractivity contribution in [3.8, 4) is 0 Å². The topological polar surface area (TPSA) is 43.4 Å². The quantitative estimate of drug-likeness (QED) is 0.499. The number of hydrogen-bond donors (Lipinski definition) is 0. The standard InChI is InChI=1S/C22H18O3/c1-4-25-22(24)18-13(3)19-20-15(10-9-12(2)11-17(18)20)14-7-5-6-8-16(14)21(19)23/h5-11H,4H2,1-3H3. The summed E-state index contributed by atoms with van der Waals surface area (Å²) in [6.45, 7) is 5.92. The molecule has 4 aromatic carbocycles. The highest BCUT2D eigenvalue weighted by molar-refractivity contribution is 6.27. The van der Waals surface area contributed by atoms with Crippen molar-refractivity contribution in [3.05, 3.63) is 69.4 Å². The molecule has 0 unspecified atom stereocenters. The number of ether oxygens (including phenoxy) is 1. The fourth-order valence-electron chi connectivity index (χ4n) is 3.80. The van der Waals surface area contributed by atoms with Gasteiger partial charge in [0.2, 0.25) is 0 Å². The molecule has 25 heavy (non-hydrogen) atoms. The van der Waals surface area contributed by atoms with Gasteiger partial charge in [0.15, 0.2) is 5.43 Å². The molecule has 0 spiro atoms. The molecule has 0 aliphatic heterocycles. The minimum Gasteiger partial charge on any atom is -0.462 e. The van der Waals surface area contributed by atoms with E-state index in [2.05, 4.69) is 0 Å². The molecule has 0 saturated heterocycles. The Morgan fingerprint density at radius 3 is 2.36 bits per heavy atom. The first-order valence-corrected chi connectivity index (χ1v) is 8.42. The van der Waals surface area contributed by atoms with Crippen molar-refractivity contribution >= 4 is 38.3 Å². The van der Waals surface area contributed by atoms with Crippen LogP contribution in [0.5, 0.6) is 0 Å². The second-order valence-corrected chi connectivity index (χ2v) is 6.39. The molecule has 0 bridgehead atoms. The first-order valence-electron chi connectivity index (χ1n) is 8.42. The van der Waals surface area contributed by atoms with Crippen LogP contribution in [0.25, 0.3) is 32.3 Å². The van der Waals surface area contributed by atoms with Crippen molar-refractivity contribution in [3.63, 3.8) is 0 Å². The number of esters is 1. The highest BCUT2D eigenvalue weighted by Crippen LogP contribution is 2.37. The Morgan fingerprint density at radius 1 is 0.920 bits per heavy atom. The first kappa shape index (κ1) is 15.6. The normalized spacial score (nSPS) is 11.5. The van der Waals surface area contributed by atoms with E-state index in [9.17, 15) is 9.59 Å². The summed E-state index contributed by atoms with van der Waals surface area (Å²) in [5.41, 5.74) is 2.23. The molecule has 0 aliphatic rings. The van der Waals surface area contributed by atoms with Crippen LogP contribution in [0.4, 0.5) is 0 Å². The zero-order valence-electron chi connectivity index (χ0n) is 14.5. The number of carbonyl (C=O) groups is 1. The van der Waals surface area contributed by atoms with E-state index in [1.54, 1.807) is 6.92 Å². The molecule has 0 heterocycles. The zero-order chi connectivity index (χ0) is 17.7. The summed E-state index contributed by atoms with van der Waals surface area (Å²) in [5.74, 6) is -0.369. The Morgan fingerprint density at radius 2 is 1.64 bits per heavy atom. The summed E-state index contributed by atoms with van der Waals surface area (Å²) in [5, 5.41) is 4.88. The average molecular weight is 330 g/mol. The Hall–Kier alpha value is -2.94.